The highest BCUT2D eigenvalue weighted by molar-refractivity contribution is 5.79. The van der Waals surface area contributed by atoms with Gasteiger partial charge in [-0.15, -0.1) is 0 Å². The van der Waals surface area contributed by atoms with Crippen molar-refractivity contribution in [2.24, 2.45) is 5.92 Å². The zero-order valence-electron chi connectivity index (χ0n) is 12.3. The van der Waals surface area contributed by atoms with Crippen LogP contribution in [0, 0.1) is 5.92 Å². The van der Waals surface area contributed by atoms with Gasteiger partial charge in [0.2, 0.25) is 0 Å². The number of nitrogens with one attached hydrogen (secondary N) is 1. The highest BCUT2D eigenvalue weighted by atomic mass is 16.3. The third kappa shape index (κ3) is 3.02. The highest BCUT2D eigenvalue weighted by Gasteiger charge is 2.01. The topological polar surface area (TPSA) is 25.2 Å². The molecule has 0 amide bonds. The number of para-hydroxylation sites is 1. The molecule has 0 aliphatic heterocycles. The van der Waals surface area contributed by atoms with Crippen LogP contribution in [0.15, 0.2) is 52.6 Å². The molecule has 2 heteroatoms. The monoisotopic (exact) mass is 267 g/mol. The first-order valence-electron chi connectivity index (χ1n) is 6.85. The second-order valence-electron chi connectivity index (χ2n) is 5.05. The average molecular weight is 267 g/mol. The van der Waals surface area contributed by atoms with Crippen LogP contribution in [-0.4, -0.2) is 7.05 Å². The van der Waals surface area contributed by atoms with Crippen molar-refractivity contribution in [2.75, 3.05) is 7.05 Å². The van der Waals surface area contributed by atoms with Crippen molar-refractivity contribution in [1.29, 1.82) is 0 Å². The van der Waals surface area contributed by atoms with E-state index in [2.05, 4.69) is 50.0 Å². The first-order valence-corrected chi connectivity index (χ1v) is 6.85. The fraction of sp³-hybridized carbons (Fsp3) is 0.222. The maximum atomic E-state index is 5.67. The maximum absolute atomic E-state index is 5.67. The molecule has 0 unspecified atom stereocenters. The second-order valence-corrected chi connectivity index (χ2v) is 5.05. The van der Waals surface area contributed by atoms with Crippen molar-refractivity contribution < 1.29 is 4.42 Å². The molecule has 104 valence electrons. The standard InChI is InChI=1S/C18H21NO/c1-13(2)15(11-12-19-4)9-10-16-14(3)20-18-8-6-5-7-17(16)18/h5-13,19H,3H2,1-2,4H3/b12-11-,15-9-,16-10+. The smallest absolute Gasteiger partial charge is 0.135 e. The molecule has 20 heavy (non-hydrogen) atoms. The van der Waals surface area contributed by atoms with Gasteiger partial charge < -0.3 is 9.73 Å². The number of rotatable bonds is 4. The van der Waals surface area contributed by atoms with E-state index in [0.717, 1.165) is 16.2 Å². The molecular weight excluding hydrogens is 246 g/mol. The fourth-order valence-corrected chi connectivity index (χ4v) is 2.10. The summed E-state index contributed by atoms with van der Waals surface area (Å²) in [5, 5.41) is 5.18. The van der Waals surface area contributed by atoms with Gasteiger partial charge in [-0.2, -0.15) is 0 Å². The summed E-state index contributed by atoms with van der Waals surface area (Å²) < 4.78 is 5.67. The Hall–Kier alpha value is -2.22. The van der Waals surface area contributed by atoms with E-state index in [1.54, 1.807) is 0 Å². The van der Waals surface area contributed by atoms with Crippen LogP contribution in [0.25, 0.3) is 23.6 Å². The largest absolute Gasteiger partial charge is 0.457 e. The van der Waals surface area contributed by atoms with Gasteiger partial charge in [0.15, 0.2) is 0 Å². The molecule has 0 spiro atoms. The molecule has 0 aliphatic rings. The highest BCUT2D eigenvalue weighted by Crippen LogP contribution is 2.11. The van der Waals surface area contributed by atoms with Gasteiger partial charge in [0.25, 0.3) is 0 Å². The van der Waals surface area contributed by atoms with Gasteiger partial charge in [0.05, 0.1) is 0 Å². The molecular formula is C18H21NO. The molecule has 1 heterocycles. The molecule has 0 saturated carbocycles. The lowest BCUT2D eigenvalue weighted by molar-refractivity contribution is 0.577. The van der Waals surface area contributed by atoms with Gasteiger partial charge in [-0.05, 0) is 29.8 Å². The van der Waals surface area contributed by atoms with Crippen molar-refractivity contribution in [3.63, 3.8) is 0 Å². The Morgan fingerprint density at radius 2 is 2.05 bits per heavy atom. The first kappa shape index (κ1) is 14.2. The molecule has 0 bridgehead atoms. The van der Waals surface area contributed by atoms with Crippen LogP contribution >= 0.6 is 0 Å². The number of hydrogen-bond donors (Lipinski definition) is 1. The van der Waals surface area contributed by atoms with Crippen molar-refractivity contribution in [3.05, 3.63) is 58.8 Å². The Morgan fingerprint density at radius 1 is 1.30 bits per heavy atom. The van der Waals surface area contributed by atoms with Crippen molar-refractivity contribution >= 4 is 23.6 Å². The van der Waals surface area contributed by atoms with E-state index < -0.39 is 0 Å². The minimum absolute atomic E-state index is 0.460. The van der Waals surface area contributed by atoms with Crippen LogP contribution in [0.2, 0.25) is 0 Å². The molecule has 0 atom stereocenters. The van der Waals surface area contributed by atoms with Crippen LogP contribution in [0.1, 0.15) is 13.8 Å². The Bertz CT molecular complexity index is 747. The third-order valence-corrected chi connectivity index (χ3v) is 3.26. The number of fused-ring (bicyclic) bond motifs is 1. The van der Waals surface area contributed by atoms with Crippen molar-refractivity contribution in [3.8, 4) is 0 Å². The summed E-state index contributed by atoms with van der Waals surface area (Å²) in [4.78, 5) is 0. The van der Waals surface area contributed by atoms with Crippen molar-refractivity contribution in [2.45, 2.75) is 13.8 Å². The Balaban J connectivity index is 2.54. The quantitative estimate of drug-likeness (QED) is 0.862. The molecule has 2 aromatic rings. The van der Waals surface area contributed by atoms with Gasteiger partial charge in [0.1, 0.15) is 11.0 Å². The van der Waals surface area contributed by atoms with Gasteiger partial charge >= 0.3 is 0 Å². The zero-order valence-corrected chi connectivity index (χ0v) is 12.3. The molecule has 1 aromatic heterocycles. The number of allylic oxidation sites excluding steroid dienone is 3. The van der Waals surface area contributed by atoms with E-state index in [-0.39, 0.29) is 0 Å². The third-order valence-electron chi connectivity index (χ3n) is 3.26. The van der Waals surface area contributed by atoms with Crippen LogP contribution < -0.4 is 16.0 Å². The number of hydrogen-bond acceptors (Lipinski definition) is 2. The molecule has 1 N–H and O–H groups in total. The lowest BCUT2D eigenvalue weighted by Gasteiger charge is -2.04. The zero-order chi connectivity index (χ0) is 14.5. The number of furan rings is 1. The Kier molecular flexibility index (Phi) is 4.46. The van der Waals surface area contributed by atoms with Crippen molar-refractivity contribution in [1.82, 2.24) is 5.32 Å². The van der Waals surface area contributed by atoms with E-state index in [1.165, 1.54) is 5.57 Å². The SMILES string of the molecule is C=c1oc2ccccc2/c1=C/C=C(/C=C\NC)C(C)C. The molecule has 2 rings (SSSR count). The summed E-state index contributed by atoms with van der Waals surface area (Å²) in [5.74, 6) is 0.460. The van der Waals surface area contributed by atoms with Crippen LogP contribution in [0.3, 0.4) is 0 Å². The van der Waals surface area contributed by atoms with Gasteiger partial charge in [-0.1, -0.05) is 50.8 Å². The predicted molar refractivity (Wildman–Crippen MR) is 86.6 cm³/mol. The van der Waals surface area contributed by atoms with E-state index in [0.29, 0.717) is 11.3 Å². The summed E-state index contributed by atoms with van der Waals surface area (Å²) in [6.45, 7) is 8.34. The maximum Gasteiger partial charge on any atom is 0.135 e. The van der Waals surface area contributed by atoms with Crippen LogP contribution in [-0.2, 0) is 0 Å². The minimum Gasteiger partial charge on any atom is -0.457 e. The molecule has 0 saturated heterocycles. The second kappa shape index (κ2) is 6.29. The molecule has 1 aromatic carbocycles. The fourth-order valence-electron chi connectivity index (χ4n) is 2.10. The van der Waals surface area contributed by atoms with Crippen LogP contribution in [0.4, 0.5) is 0 Å². The van der Waals surface area contributed by atoms with Gasteiger partial charge in [-0.3, -0.25) is 0 Å². The Morgan fingerprint density at radius 3 is 2.75 bits per heavy atom. The summed E-state index contributed by atoms with van der Waals surface area (Å²) in [6, 6.07) is 8.02. The van der Waals surface area contributed by atoms with E-state index in [1.807, 2.05) is 31.4 Å². The lowest BCUT2D eigenvalue weighted by Crippen LogP contribution is -2.17. The van der Waals surface area contributed by atoms with Crippen LogP contribution in [0.5, 0.6) is 0 Å². The number of benzene rings is 1. The normalized spacial score (nSPS) is 13.8. The lowest BCUT2D eigenvalue weighted by atomic mass is 10.0. The first-order chi connectivity index (χ1) is 9.63. The van der Waals surface area contributed by atoms with Gasteiger partial charge in [0, 0.05) is 17.7 Å². The summed E-state index contributed by atoms with van der Waals surface area (Å²) in [6.07, 6.45) is 8.25. The summed E-state index contributed by atoms with van der Waals surface area (Å²) in [5.41, 5.74) is 2.85. The predicted octanol–water partition coefficient (Wildman–Crippen LogP) is 2.94. The molecule has 0 fully saturated rings. The van der Waals surface area contributed by atoms with Gasteiger partial charge in [-0.25, -0.2) is 0 Å². The summed E-state index contributed by atoms with van der Waals surface area (Å²) in [7, 11) is 1.90. The average Bonchev–Trinajstić information content (AvgIpc) is 2.74. The summed E-state index contributed by atoms with van der Waals surface area (Å²) >= 11 is 0. The van der Waals surface area contributed by atoms with E-state index in [4.69, 9.17) is 4.42 Å². The Labute approximate surface area is 119 Å². The molecule has 2 nitrogen and oxygen atoms in total. The molecule has 0 radical (unpaired) electrons. The van der Waals surface area contributed by atoms with E-state index >= 15 is 0 Å². The molecule has 0 aliphatic carbocycles. The minimum atomic E-state index is 0.460. The van der Waals surface area contributed by atoms with E-state index in [9.17, 15) is 0 Å².